The van der Waals surface area contributed by atoms with Crippen LogP contribution < -0.4 is 4.90 Å². The van der Waals surface area contributed by atoms with Gasteiger partial charge < -0.3 is 4.74 Å². The van der Waals surface area contributed by atoms with Crippen molar-refractivity contribution in [2.45, 2.75) is 37.7 Å². The molecule has 170 valence electrons. The summed E-state index contributed by atoms with van der Waals surface area (Å²) in [4.78, 5) is 20.1. The van der Waals surface area contributed by atoms with Crippen molar-refractivity contribution in [3.63, 3.8) is 0 Å². The maximum absolute atomic E-state index is 13.5. The van der Waals surface area contributed by atoms with Gasteiger partial charge in [0.25, 0.3) is 5.91 Å². The normalized spacial score (nSPS) is 16.7. The maximum Gasteiger partial charge on any atom is 0.260 e. The molecule has 7 nitrogen and oxygen atoms in total. The van der Waals surface area contributed by atoms with Crippen LogP contribution in [0.5, 0.6) is 0 Å². The van der Waals surface area contributed by atoms with Crippen LogP contribution >= 0.6 is 11.3 Å². The van der Waals surface area contributed by atoms with Gasteiger partial charge in [0.05, 0.1) is 27.8 Å². The van der Waals surface area contributed by atoms with E-state index in [2.05, 4.69) is 6.07 Å². The first kappa shape index (κ1) is 22.8. The molecule has 1 unspecified atom stereocenters. The number of hydrogen-bond donors (Lipinski definition) is 0. The second-order valence-electron chi connectivity index (χ2n) is 8.29. The van der Waals surface area contributed by atoms with Crippen molar-refractivity contribution in [3.8, 4) is 0 Å². The number of aromatic nitrogens is 1. The lowest BCUT2D eigenvalue weighted by Gasteiger charge is -2.23. The minimum Gasteiger partial charge on any atom is -0.376 e. The second-order valence-corrected chi connectivity index (χ2v) is 11.4. The predicted octanol–water partition coefficient (Wildman–Crippen LogP) is 3.99. The molecule has 0 radical (unpaired) electrons. The number of rotatable bonds is 6. The zero-order valence-corrected chi connectivity index (χ0v) is 20.3. The van der Waals surface area contributed by atoms with Gasteiger partial charge in [-0.1, -0.05) is 17.4 Å². The van der Waals surface area contributed by atoms with Gasteiger partial charge in [0.1, 0.15) is 0 Å². The third-order valence-corrected chi connectivity index (χ3v) is 8.63. The van der Waals surface area contributed by atoms with E-state index in [0.29, 0.717) is 23.8 Å². The third kappa shape index (κ3) is 4.43. The van der Waals surface area contributed by atoms with Crippen molar-refractivity contribution < 1.29 is 17.9 Å². The molecule has 0 spiro atoms. The lowest BCUT2D eigenvalue weighted by atomic mass is 10.1. The van der Waals surface area contributed by atoms with Crippen molar-refractivity contribution in [2.75, 3.05) is 32.1 Å². The summed E-state index contributed by atoms with van der Waals surface area (Å²) in [6.07, 6.45) is 1.83. The minimum absolute atomic E-state index is 0.0396. The Morgan fingerprint density at radius 3 is 2.53 bits per heavy atom. The number of ether oxygens (including phenoxy) is 1. The van der Waals surface area contributed by atoms with Crippen LogP contribution in [0, 0.1) is 13.8 Å². The molecule has 4 rings (SSSR count). The molecular weight excluding hydrogens is 446 g/mol. The minimum atomic E-state index is -3.56. The Bertz CT molecular complexity index is 1240. The van der Waals surface area contributed by atoms with Crippen molar-refractivity contribution in [2.24, 2.45) is 0 Å². The molecule has 9 heteroatoms. The summed E-state index contributed by atoms with van der Waals surface area (Å²) in [6, 6.07) is 10.2. The van der Waals surface area contributed by atoms with Crippen LogP contribution in [-0.4, -0.2) is 57.0 Å². The van der Waals surface area contributed by atoms with E-state index in [0.717, 1.165) is 38.5 Å². The number of carbonyl (C=O) groups excluding carboxylic acids is 1. The molecule has 0 N–H and O–H groups in total. The number of nitrogens with zero attached hydrogens (tertiary/aromatic N) is 3. The van der Waals surface area contributed by atoms with Crippen LogP contribution in [0.3, 0.4) is 0 Å². The second kappa shape index (κ2) is 8.90. The molecular formula is C23H27N3O4S2. The van der Waals surface area contributed by atoms with Crippen molar-refractivity contribution >= 4 is 42.6 Å². The molecule has 1 saturated heterocycles. The monoisotopic (exact) mass is 473 g/mol. The van der Waals surface area contributed by atoms with Crippen molar-refractivity contribution in [3.05, 3.63) is 53.1 Å². The largest absolute Gasteiger partial charge is 0.376 e. The standard InChI is InChI=1S/C23H27N3O4S2/c1-15-12-16(2)21-20(13-15)24-23(31-21)26(14-18-6-5-11-30-18)22(27)17-7-9-19(10-8-17)32(28,29)25(3)4/h7-10,12-13,18H,5-6,11,14H2,1-4H3. The fourth-order valence-corrected chi connectivity index (χ4v) is 5.78. The molecule has 1 amide bonds. The molecule has 0 bridgehead atoms. The third-order valence-electron chi connectivity index (χ3n) is 5.57. The lowest BCUT2D eigenvalue weighted by Crippen LogP contribution is -2.37. The van der Waals surface area contributed by atoms with Crippen LogP contribution in [0.15, 0.2) is 41.3 Å². The first-order valence-electron chi connectivity index (χ1n) is 10.5. The van der Waals surface area contributed by atoms with Crippen LogP contribution in [0.25, 0.3) is 10.2 Å². The number of aryl methyl sites for hydroxylation is 2. The van der Waals surface area contributed by atoms with Gasteiger partial charge in [-0.2, -0.15) is 0 Å². The van der Waals surface area contributed by atoms with Gasteiger partial charge in [-0.3, -0.25) is 9.69 Å². The Balaban J connectivity index is 1.70. The van der Waals surface area contributed by atoms with E-state index >= 15 is 0 Å². The number of anilines is 1. The highest BCUT2D eigenvalue weighted by atomic mass is 32.2. The quantitative estimate of drug-likeness (QED) is 0.541. The summed E-state index contributed by atoms with van der Waals surface area (Å²) in [7, 11) is -0.597. The van der Waals surface area contributed by atoms with Crippen LogP contribution in [0.2, 0.25) is 0 Å². The number of amides is 1. The summed E-state index contributed by atoms with van der Waals surface area (Å²) >= 11 is 1.49. The number of fused-ring (bicyclic) bond motifs is 1. The van der Waals surface area contributed by atoms with Crippen LogP contribution in [0.4, 0.5) is 5.13 Å². The number of hydrogen-bond acceptors (Lipinski definition) is 6. The number of benzene rings is 2. The zero-order chi connectivity index (χ0) is 23.0. The van der Waals surface area contributed by atoms with E-state index in [-0.39, 0.29) is 16.9 Å². The average Bonchev–Trinajstić information content (AvgIpc) is 3.41. The molecule has 0 aliphatic carbocycles. The van der Waals surface area contributed by atoms with Gasteiger partial charge in [-0.05, 0) is 68.1 Å². The highest BCUT2D eigenvalue weighted by Crippen LogP contribution is 2.33. The van der Waals surface area contributed by atoms with E-state index in [4.69, 9.17) is 9.72 Å². The first-order chi connectivity index (χ1) is 15.2. The van der Waals surface area contributed by atoms with Crippen molar-refractivity contribution in [1.82, 2.24) is 9.29 Å². The summed E-state index contributed by atoms with van der Waals surface area (Å²) in [5.41, 5.74) is 3.54. The molecule has 1 aliphatic rings. The van der Waals surface area contributed by atoms with E-state index in [1.807, 2.05) is 19.9 Å². The summed E-state index contributed by atoms with van der Waals surface area (Å²) < 4.78 is 32.7. The number of thiazole rings is 1. The highest BCUT2D eigenvalue weighted by molar-refractivity contribution is 7.89. The molecule has 32 heavy (non-hydrogen) atoms. The van der Waals surface area contributed by atoms with Gasteiger partial charge in [0.2, 0.25) is 10.0 Å². The topological polar surface area (TPSA) is 79.8 Å². The molecule has 1 atom stereocenters. The molecule has 0 saturated carbocycles. The Morgan fingerprint density at radius 1 is 1.19 bits per heavy atom. The van der Waals surface area contributed by atoms with Gasteiger partial charge in [0, 0.05) is 26.3 Å². The number of carbonyl (C=O) groups is 1. The zero-order valence-electron chi connectivity index (χ0n) is 18.7. The molecule has 1 aliphatic heterocycles. The maximum atomic E-state index is 13.5. The fraction of sp³-hybridized carbons (Fsp3) is 0.391. The fourth-order valence-electron chi connectivity index (χ4n) is 3.86. The highest BCUT2D eigenvalue weighted by Gasteiger charge is 2.28. The summed E-state index contributed by atoms with van der Waals surface area (Å²) in [6.45, 7) is 5.19. The Labute approximate surface area is 192 Å². The molecule has 3 aromatic rings. The summed E-state index contributed by atoms with van der Waals surface area (Å²) in [5.74, 6) is -0.220. The van der Waals surface area contributed by atoms with Crippen LogP contribution in [-0.2, 0) is 14.8 Å². The smallest absolute Gasteiger partial charge is 0.260 e. The molecule has 1 fully saturated rings. The average molecular weight is 474 g/mol. The van der Waals surface area contributed by atoms with Gasteiger partial charge in [0.15, 0.2) is 5.13 Å². The Morgan fingerprint density at radius 2 is 1.91 bits per heavy atom. The van der Waals surface area contributed by atoms with E-state index < -0.39 is 10.0 Å². The van der Waals surface area contributed by atoms with Gasteiger partial charge in [-0.15, -0.1) is 0 Å². The molecule has 2 aromatic carbocycles. The number of sulfonamides is 1. The molecule has 1 aromatic heterocycles. The van der Waals surface area contributed by atoms with E-state index in [1.165, 1.54) is 37.6 Å². The van der Waals surface area contributed by atoms with Gasteiger partial charge >= 0.3 is 0 Å². The van der Waals surface area contributed by atoms with E-state index in [1.54, 1.807) is 17.0 Å². The Hall–Kier alpha value is -2.33. The first-order valence-corrected chi connectivity index (χ1v) is 12.8. The Kier molecular flexibility index (Phi) is 6.35. The van der Waals surface area contributed by atoms with Gasteiger partial charge in [-0.25, -0.2) is 17.7 Å². The summed E-state index contributed by atoms with van der Waals surface area (Å²) in [5, 5.41) is 0.624. The lowest BCUT2D eigenvalue weighted by molar-refractivity contribution is 0.0917. The molecule has 2 heterocycles. The predicted molar refractivity (Wildman–Crippen MR) is 127 cm³/mol. The van der Waals surface area contributed by atoms with Crippen LogP contribution in [0.1, 0.15) is 34.3 Å². The van der Waals surface area contributed by atoms with E-state index in [9.17, 15) is 13.2 Å². The van der Waals surface area contributed by atoms with Crippen molar-refractivity contribution in [1.29, 1.82) is 0 Å². The SMILES string of the molecule is Cc1cc(C)c2sc(N(CC3CCCO3)C(=O)c3ccc(S(=O)(=O)N(C)C)cc3)nc2c1.